The number of likely N-dealkylation sites (N-methyl/N-ethyl adjacent to an activating group) is 1. The van der Waals surface area contributed by atoms with Crippen LogP contribution in [0.25, 0.3) is 44.9 Å². The molecular weight excluding hydrogens is 764 g/mol. The molecule has 0 radical (unpaired) electrons. The summed E-state index contributed by atoms with van der Waals surface area (Å²) in [5.74, 6) is 0.0182. The highest BCUT2D eigenvalue weighted by atomic mass is 19.4. The van der Waals surface area contributed by atoms with Crippen molar-refractivity contribution in [3.63, 3.8) is 0 Å². The van der Waals surface area contributed by atoms with Gasteiger partial charge in [0.05, 0.1) is 12.2 Å². The number of nitrogens with zero attached hydrogens (tertiary/aromatic N) is 10. The number of pyridine rings is 2. The van der Waals surface area contributed by atoms with Crippen LogP contribution in [0.5, 0.6) is 0 Å². The molecule has 2 N–H and O–H groups in total. The molecule has 6 heterocycles. The molecule has 2 aromatic carbocycles. The average Bonchev–Trinajstić information content (AvgIpc) is 3.75. The summed E-state index contributed by atoms with van der Waals surface area (Å²) >= 11 is 0. The monoisotopic (exact) mass is 807 g/mol. The number of aliphatic carboxylic acids is 1. The van der Waals surface area contributed by atoms with Gasteiger partial charge in [0, 0.05) is 67.5 Å². The van der Waals surface area contributed by atoms with Gasteiger partial charge in [-0.15, -0.1) is 0 Å². The molecule has 0 saturated carbocycles. The number of carboxylic acids is 1. The van der Waals surface area contributed by atoms with Gasteiger partial charge in [-0.1, -0.05) is 60.7 Å². The number of piperidine rings is 1. The van der Waals surface area contributed by atoms with E-state index in [4.69, 9.17) is 29.8 Å². The number of alkyl halides is 3. The van der Waals surface area contributed by atoms with Crippen molar-refractivity contribution in [2.75, 3.05) is 64.8 Å². The van der Waals surface area contributed by atoms with Gasteiger partial charge in [0.15, 0.2) is 11.5 Å². The lowest BCUT2D eigenvalue weighted by molar-refractivity contribution is -0.192. The molecule has 59 heavy (non-hydrogen) atoms. The molecule has 2 fully saturated rings. The Hall–Kier alpha value is -6.33. The molecule has 2 saturated heterocycles. The van der Waals surface area contributed by atoms with Gasteiger partial charge in [-0.2, -0.15) is 23.3 Å². The topological polar surface area (TPSA) is 160 Å². The maximum absolute atomic E-state index is 12.6. The molecule has 2 aliphatic rings. The number of halogens is 3. The molecule has 4 aromatic heterocycles. The minimum Gasteiger partial charge on any atom is -0.475 e. The first-order valence-electron chi connectivity index (χ1n) is 19.3. The zero-order chi connectivity index (χ0) is 41.5. The Bertz CT molecular complexity index is 2350. The fourth-order valence-electron chi connectivity index (χ4n) is 7.15. The number of hydrogen-bond acceptors (Lipinski definition) is 11. The van der Waals surface area contributed by atoms with Crippen molar-refractivity contribution in [3.8, 4) is 33.9 Å². The zero-order valence-electron chi connectivity index (χ0n) is 32.7. The van der Waals surface area contributed by atoms with E-state index in [2.05, 4.69) is 79.6 Å². The number of amides is 1. The van der Waals surface area contributed by atoms with E-state index in [0.29, 0.717) is 56.1 Å². The molecule has 306 valence electrons. The van der Waals surface area contributed by atoms with E-state index in [-0.39, 0.29) is 5.91 Å². The van der Waals surface area contributed by atoms with Gasteiger partial charge in [-0.3, -0.25) is 19.8 Å². The number of H-pyrrole nitrogens is 1. The standard InChI is InChI=1S/C40H43N11O.C2HF3O2/c1-48(2)27-35(52)50-20-22-51(23-21-50)40-42-25-32-24-33(29-8-4-3-5-9-29)36(43-37(32)45-40)30-13-11-28(12-14-30)26-49-18-15-31(16-19-49)38-44-39(47-46-38)34-10-6-7-17-41-34;3-2(4,5)1(6)7/h3-14,17,24-25,31H,15-16,18-23,26-27H2,1-2H3,(H,44,46,47);(H,6,7). The lowest BCUT2D eigenvalue weighted by atomic mass is 9.95. The third-order valence-corrected chi connectivity index (χ3v) is 10.3. The lowest BCUT2D eigenvalue weighted by Crippen LogP contribution is -2.51. The summed E-state index contributed by atoms with van der Waals surface area (Å²) in [6, 6.07) is 27.1. The van der Waals surface area contributed by atoms with Crippen LogP contribution in [0.2, 0.25) is 0 Å². The minimum atomic E-state index is -5.08. The van der Waals surface area contributed by atoms with Crippen molar-refractivity contribution in [2.24, 2.45) is 0 Å². The van der Waals surface area contributed by atoms with Gasteiger partial charge in [0.1, 0.15) is 11.5 Å². The van der Waals surface area contributed by atoms with Crippen LogP contribution in [0.15, 0.2) is 91.3 Å². The predicted octanol–water partition coefficient (Wildman–Crippen LogP) is 5.76. The quantitative estimate of drug-likeness (QED) is 0.182. The lowest BCUT2D eigenvalue weighted by Gasteiger charge is -2.35. The van der Waals surface area contributed by atoms with Gasteiger partial charge in [0.2, 0.25) is 11.9 Å². The number of benzene rings is 2. The van der Waals surface area contributed by atoms with Crippen LogP contribution in [-0.4, -0.2) is 133 Å². The first-order chi connectivity index (χ1) is 28.4. The number of rotatable bonds is 9. The Kier molecular flexibility index (Phi) is 12.5. The summed E-state index contributed by atoms with van der Waals surface area (Å²) in [7, 11) is 3.84. The number of carboxylic acid groups (broad SMARTS) is 1. The second-order valence-electron chi connectivity index (χ2n) is 14.7. The fraction of sp³-hybridized carbons (Fsp3) is 0.333. The van der Waals surface area contributed by atoms with Crippen molar-refractivity contribution in [1.29, 1.82) is 0 Å². The largest absolute Gasteiger partial charge is 0.490 e. The summed E-state index contributed by atoms with van der Waals surface area (Å²) in [4.78, 5) is 54.0. The van der Waals surface area contributed by atoms with Crippen LogP contribution >= 0.6 is 0 Å². The van der Waals surface area contributed by atoms with Crippen LogP contribution < -0.4 is 4.90 Å². The Balaban J connectivity index is 0.000000694. The number of carbonyl (C=O) groups is 2. The highest BCUT2D eigenvalue weighted by Gasteiger charge is 2.38. The third kappa shape index (κ3) is 10.2. The molecule has 0 spiro atoms. The Morgan fingerprint density at radius 2 is 1.54 bits per heavy atom. The maximum Gasteiger partial charge on any atom is 0.490 e. The van der Waals surface area contributed by atoms with Gasteiger partial charge in [-0.25, -0.2) is 19.7 Å². The number of piperazine rings is 1. The molecule has 2 aliphatic heterocycles. The summed E-state index contributed by atoms with van der Waals surface area (Å²) in [5, 5.41) is 15.6. The van der Waals surface area contributed by atoms with E-state index in [1.54, 1.807) is 6.20 Å². The van der Waals surface area contributed by atoms with E-state index in [1.165, 1.54) is 5.56 Å². The van der Waals surface area contributed by atoms with Crippen LogP contribution in [0.3, 0.4) is 0 Å². The predicted molar refractivity (Wildman–Crippen MR) is 216 cm³/mol. The van der Waals surface area contributed by atoms with E-state index in [1.807, 2.05) is 54.4 Å². The fourth-order valence-corrected chi connectivity index (χ4v) is 7.15. The van der Waals surface area contributed by atoms with Crippen molar-refractivity contribution in [1.82, 2.24) is 49.8 Å². The molecular formula is C42H44F3N11O3. The number of aromatic amines is 1. The Morgan fingerprint density at radius 3 is 2.19 bits per heavy atom. The Morgan fingerprint density at radius 1 is 0.847 bits per heavy atom. The van der Waals surface area contributed by atoms with E-state index in [9.17, 15) is 18.0 Å². The van der Waals surface area contributed by atoms with E-state index in [0.717, 1.165) is 71.8 Å². The summed E-state index contributed by atoms with van der Waals surface area (Å²) < 4.78 is 31.7. The third-order valence-electron chi connectivity index (χ3n) is 10.3. The van der Waals surface area contributed by atoms with Crippen molar-refractivity contribution in [2.45, 2.75) is 31.5 Å². The number of likely N-dealkylation sites (tertiary alicyclic amines) is 1. The number of fused-ring (bicyclic) bond motifs is 1. The normalized spacial score (nSPS) is 15.3. The number of aromatic nitrogens is 7. The highest BCUT2D eigenvalue weighted by Crippen LogP contribution is 2.34. The van der Waals surface area contributed by atoms with Crippen molar-refractivity contribution >= 4 is 28.9 Å². The molecule has 1 amide bonds. The first-order valence-corrected chi connectivity index (χ1v) is 19.3. The summed E-state index contributed by atoms with van der Waals surface area (Å²) in [5.41, 5.74) is 6.81. The zero-order valence-corrected chi connectivity index (χ0v) is 32.7. The molecule has 0 aliphatic carbocycles. The Labute approximate surface area is 338 Å². The molecule has 0 atom stereocenters. The SMILES string of the molecule is CN(C)CC(=O)N1CCN(c2ncc3cc(-c4ccccc4)c(-c4ccc(CN5CCC(c6nc(-c7ccccn7)n[nH]6)CC5)cc4)nc3n2)CC1.O=C(O)C(F)(F)F. The molecule has 8 rings (SSSR count). The summed E-state index contributed by atoms with van der Waals surface area (Å²) in [6.07, 6.45) is 0.623. The maximum atomic E-state index is 12.6. The molecule has 14 nitrogen and oxygen atoms in total. The molecule has 0 unspecified atom stereocenters. The molecule has 17 heteroatoms. The smallest absolute Gasteiger partial charge is 0.475 e. The van der Waals surface area contributed by atoms with Gasteiger partial charge < -0.3 is 19.8 Å². The average molecular weight is 808 g/mol. The molecule has 0 bridgehead atoms. The van der Waals surface area contributed by atoms with E-state index < -0.39 is 12.1 Å². The van der Waals surface area contributed by atoms with Crippen molar-refractivity contribution in [3.05, 3.63) is 103 Å². The minimum absolute atomic E-state index is 0.151. The van der Waals surface area contributed by atoms with Gasteiger partial charge in [0.25, 0.3) is 0 Å². The van der Waals surface area contributed by atoms with Crippen molar-refractivity contribution < 1.29 is 27.9 Å². The number of carbonyl (C=O) groups excluding carboxylic acids is 1. The first kappa shape index (κ1) is 40.9. The van der Waals surface area contributed by atoms with Crippen LogP contribution in [0, 0.1) is 0 Å². The number of nitrogens with one attached hydrogen (secondary N) is 1. The highest BCUT2D eigenvalue weighted by molar-refractivity contribution is 5.90. The van der Waals surface area contributed by atoms with Crippen LogP contribution in [0.1, 0.15) is 30.1 Å². The van der Waals surface area contributed by atoms with Crippen LogP contribution in [-0.2, 0) is 16.1 Å². The second-order valence-corrected chi connectivity index (χ2v) is 14.7. The van der Waals surface area contributed by atoms with E-state index >= 15 is 0 Å². The van der Waals surface area contributed by atoms with Crippen LogP contribution in [0.4, 0.5) is 19.1 Å². The number of hydrogen-bond donors (Lipinski definition) is 2. The van der Waals surface area contributed by atoms with Gasteiger partial charge in [-0.05, 0) is 69.4 Å². The molecule has 6 aromatic rings. The second kappa shape index (κ2) is 18.1. The number of anilines is 1. The van der Waals surface area contributed by atoms with Gasteiger partial charge >= 0.3 is 12.1 Å². The summed E-state index contributed by atoms with van der Waals surface area (Å²) in [6.45, 7) is 5.99.